The van der Waals surface area contributed by atoms with Gasteiger partial charge in [0.2, 0.25) is 5.88 Å². The van der Waals surface area contributed by atoms with Gasteiger partial charge in [-0.1, -0.05) is 0 Å². The van der Waals surface area contributed by atoms with Crippen LogP contribution in [-0.2, 0) is 4.74 Å². The Kier molecular flexibility index (Phi) is 5.48. The third-order valence-electron chi connectivity index (χ3n) is 5.85. The summed E-state index contributed by atoms with van der Waals surface area (Å²) in [6.45, 7) is 4.40. The van der Waals surface area contributed by atoms with E-state index in [1.807, 2.05) is 6.92 Å². The first kappa shape index (κ1) is 20.4. The van der Waals surface area contributed by atoms with Crippen molar-refractivity contribution < 1.29 is 18.7 Å². The van der Waals surface area contributed by atoms with Gasteiger partial charge >= 0.3 is 6.09 Å². The molecule has 1 saturated heterocycles. The molecule has 2 aliphatic heterocycles. The van der Waals surface area contributed by atoms with Gasteiger partial charge in [0.05, 0.1) is 0 Å². The predicted octanol–water partition coefficient (Wildman–Crippen LogP) is 3.85. The van der Waals surface area contributed by atoms with Crippen LogP contribution in [0.2, 0.25) is 0 Å². The summed E-state index contributed by atoms with van der Waals surface area (Å²) >= 11 is 0. The zero-order valence-electron chi connectivity index (χ0n) is 17.7. The fourth-order valence-electron chi connectivity index (χ4n) is 4.15. The van der Waals surface area contributed by atoms with Crippen LogP contribution < -0.4 is 20.7 Å². The Morgan fingerprint density at radius 1 is 1.22 bits per heavy atom. The number of benzene rings is 1. The highest BCUT2D eigenvalue weighted by atomic mass is 19.1. The van der Waals surface area contributed by atoms with Crippen molar-refractivity contribution in [3.05, 3.63) is 42.0 Å². The van der Waals surface area contributed by atoms with Gasteiger partial charge in [0.15, 0.2) is 0 Å². The van der Waals surface area contributed by atoms with Crippen molar-refractivity contribution in [1.82, 2.24) is 15.3 Å². The van der Waals surface area contributed by atoms with E-state index in [0.29, 0.717) is 48.0 Å². The molecule has 1 aromatic carbocycles. The van der Waals surface area contributed by atoms with Gasteiger partial charge in [-0.15, -0.1) is 0 Å². The topological polar surface area (TPSA) is 97.4 Å². The maximum atomic E-state index is 15.0. The minimum Gasteiger partial charge on any atom is -0.474 e. The molecule has 4 heterocycles. The fraction of sp³-hybridized carbons (Fsp3) is 0.348. The molecule has 0 spiro atoms. The molecule has 8 nitrogen and oxygen atoms in total. The van der Waals surface area contributed by atoms with Crippen molar-refractivity contribution in [2.24, 2.45) is 0 Å². The van der Waals surface area contributed by atoms with E-state index in [2.05, 4.69) is 25.9 Å². The summed E-state index contributed by atoms with van der Waals surface area (Å²) < 4.78 is 25.8. The Balaban J connectivity index is 1.40. The number of hydrogen-bond acceptors (Lipinski definition) is 7. The predicted molar refractivity (Wildman–Crippen MR) is 120 cm³/mol. The summed E-state index contributed by atoms with van der Waals surface area (Å²) in [5.74, 6) is 0.501. The van der Waals surface area contributed by atoms with Crippen LogP contribution in [0.1, 0.15) is 18.4 Å². The van der Waals surface area contributed by atoms with Crippen LogP contribution in [0.5, 0.6) is 5.88 Å². The molecule has 2 aliphatic rings. The number of ether oxygens (including phenoxy) is 2. The van der Waals surface area contributed by atoms with Gasteiger partial charge in [0.25, 0.3) is 0 Å². The number of pyridine rings is 2. The summed E-state index contributed by atoms with van der Waals surface area (Å²) in [6.07, 6.45) is 4.68. The normalized spacial score (nSPS) is 17.4. The number of hydrogen-bond donors (Lipinski definition) is 3. The lowest BCUT2D eigenvalue weighted by molar-refractivity contribution is 0.151. The van der Waals surface area contributed by atoms with Crippen molar-refractivity contribution in [1.29, 1.82) is 0 Å². The average Bonchev–Trinajstić information content (AvgIpc) is 3.32. The van der Waals surface area contributed by atoms with E-state index in [9.17, 15) is 9.18 Å². The molecule has 166 valence electrons. The second-order valence-electron chi connectivity index (χ2n) is 8.02. The molecule has 1 amide bonds. The summed E-state index contributed by atoms with van der Waals surface area (Å²) in [5.41, 5.74) is 2.75. The lowest BCUT2D eigenvalue weighted by Crippen LogP contribution is -2.29. The quantitative estimate of drug-likeness (QED) is 0.570. The molecule has 1 unspecified atom stereocenters. The molecule has 0 saturated carbocycles. The highest BCUT2D eigenvalue weighted by Crippen LogP contribution is 2.37. The first-order valence-electron chi connectivity index (χ1n) is 10.7. The smallest absolute Gasteiger partial charge is 0.412 e. The number of rotatable bonds is 4. The van der Waals surface area contributed by atoms with Gasteiger partial charge in [-0.25, -0.2) is 19.2 Å². The molecule has 1 atom stereocenters. The number of halogens is 1. The van der Waals surface area contributed by atoms with E-state index in [1.165, 1.54) is 12.3 Å². The van der Waals surface area contributed by atoms with Crippen LogP contribution in [0.4, 0.5) is 20.7 Å². The molecule has 2 aromatic heterocycles. The average molecular weight is 437 g/mol. The van der Waals surface area contributed by atoms with Gasteiger partial charge in [-0.05, 0) is 55.5 Å². The lowest BCUT2D eigenvalue weighted by atomic mass is 9.98. The maximum absolute atomic E-state index is 15.0. The Morgan fingerprint density at radius 2 is 2.12 bits per heavy atom. The Bertz CT molecular complexity index is 1180. The highest BCUT2D eigenvalue weighted by molar-refractivity contribution is 5.92. The zero-order valence-corrected chi connectivity index (χ0v) is 17.7. The van der Waals surface area contributed by atoms with Gasteiger partial charge in [-0.2, -0.15) is 0 Å². The minimum absolute atomic E-state index is 0.198. The largest absolute Gasteiger partial charge is 0.474 e. The van der Waals surface area contributed by atoms with Gasteiger partial charge < -0.3 is 20.1 Å². The van der Waals surface area contributed by atoms with Gasteiger partial charge in [-0.3, -0.25) is 5.32 Å². The number of fused-ring (bicyclic) bond motifs is 2. The second-order valence-corrected chi connectivity index (χ2v) is 8.02. The highest BCUT2D eigenvalue weighted by Gasteiger charge is 2.20. The first-order chi connectivity index (χ1) is 15.6. The Hall–Kier alpha value is -3.46. The molecule has 9 heteroatoms. The number of anilines is 2. The fourth-order valence-corrected chi connectivity index (χ4v) is 4.15. The third kappa shape index (κ3) is 4.03. The van der Waals surface area contributed by atoms with Gasteiger partial charge in [0, 0.05) is 41.5 Å². The van der Waals surface area contributed by atoms with E-state index >= 15 is 0 Å². The number of carbonyl (C=O) groups excluding carboxylic acids is 1. The molecule has 0 aliphatic carbocycles. The van der Waals surface area contributed by atoms with E-state index in [1.54, 1.807) is 18.3 Å². The van der Waals surface area contributed by atoms with Crippen molar-refractivity contribution in [3.63, 3.8) is 0 Å². The third-order valence-corrected chi connectivity index (χ3v) is 5.85. The molecule has 0 radical (unpaired) electrons. The maximum Gasteiger partial charge on any atom is 0.412 e. The summed E-state index contributed by atoms with van der Waals surface area (Å²) in [5, 5.41) is 10.6. The number of nitrogens with zero attached hydrogens (tertiary/aromatic N) is 2. The van der Waals surface area contributed by atoms with E-state index in [4.69, 9.17) is 9.47 Å². The summed E-state index contributed by atoms with van der Waals surface area (Å²) in [7, 11) is 0. The van der Waals surface area contributed by atoms with Crippen LogP contribution in [0.25, 0.3) is 21.9 Å². The second kappa shape index (κ2) is 8.58. The molecule has 0 bridgehead atoms. The molecule has 3 aromatic rings. The van der Waals surface area contributed by atoms with E-state index < -0.39 is 6.09 Å². The first-order valence-corrected chi connectivity index (χ1v) is 10.7. The molecule has 3 N–H and O–H groups in total. The molecular formula is C23H24FN5O3. The SMILES string of the molecule is Cc1c(-c2cc3cc(NC(=O)OCC4CCCN4)ncc3cc2F)cnc2c1NCCO2. The van der Waals surface area contributed by atoms with Crippen LogP contribution in [0.15, 0.2) is 30.6 Å². The lowest BCUT2D eigenvalue weighted by Gasteiger charge is -2.21. The van der Waals surface area contributed by atoms with E-state index in [-0.39, 0.29) is 11.9 Å². The van der Waals surface area contributed by atoms with Gasteiger partial charge in [0.1, 0.15) is 30.5 Å². The minimum atomic E-state index is -0.561. The Morgan fingerprint density at radius 3 is 2.97 bits per heavy atom. The van der Waals surface area contributed by atoms with Crippen LogP contribution in [0.3, 0.4) is 0 Å². The van der Waals surface area contributed by atoms with Crippen LogP contribution >= 0.6 is 0 Å². The van der Waals surface area contributed by atoms with Crippen LogP contribution in [-0.4, -0.2) is 48.4 Å². The monoisotopic (exact) mass is 437 g/mol. The molecule has 5 rings (SSSR count). The van der Waals surface area contributed by atoms with Crippen molar-refractivity contribution in [2.45, 2.75) is 25.8 Å². The van der Waals surface area contributed by atoms with E-state index in [0.717, 1.165) is 36.0 Å². The van der Waals surface area contributed by atoms with Crippen molar-refractivity contribution >= 4 is 28.4 Å². The summed E-state index contributed by atoms with van der Waals surface area (Å²) in [4.78, 5) is 20.7. The zero-order chi connectivity index (χ0) is 22.1. The van der Waals surface area contributed by atoms with Crippen molar-refractivity contribution in [2.75, 3.05) is 36.9 Å². The number of amides is 1. The summed E-state index contributed by atoms with van der Waals surface area (Å²) in [6, 6.07) is 5.08. The Labute approximate surface area is 184 Å². The number of nitrogens with one attached hydrogen (secondary N) is 3. The molecule has 1 fully saturated rings. The number of carbonyl (C=O) groups is 1. The standard InChI is InChI=1S/C23H24FN5O3/c1-13-18(11-28-22-21(13)26-5-6-31-22)17-7-14-9-20(27-10-15(14)8-19(17)24)29-23(30)32-12-16-3-2-4-25-16/h7-11,16,25-26H,2-6,12H2,1H3,(H,27,29,30). The number of aromatic nitrogens is 2. The molecular weight excluding hydrogens is 413 g/mol. The molecule has 32 heavy (non-hydrogen) atoms. The van der Waals surface area contributed by atoms with Crippen molar-refractivity contribution in [3.8, 4) is 17.0 Å². The van der Waals surface area contributed by atoms with Crippen LogP contribution in [0, 0.1) is 12.7 Å².